The monoisotopic (exact) mass is 306 g/mol. The van der Waals surface area contributed by atoms with Crippen molar-refractivity contribution in [1.82, 2.24) is 9.97 Å². The fourth-order valence-electron chi connectivity index (χ4n) is 2.36. The maximum atomic E-state index is 6.10. The average Bonchev–Trinajstić information content (AvgIpc) is 3.01. The van der Waals surface area contributed by atoms with E-state index in [1.165, 1.54) is 16.8 Å². The van der Waals surface area contributed by atoms with Crippen LogP contribution >= 0.6 is 22.9 Å². The van der Waals surface area contributed by atoms with Gasteiger partial charge in [-0.15, -0.1) is 11.3 Å². The molecule has 1 aliphatic heterocycles. The van der Waals surface area contributed by atoms with Crippen molar-refractivity contribution in [3.63, 3.8) is 0 Å². The van der Waals surface area contributed by atoms with E-state index in [0.29, 0.717) is 5.15 Å². The van der Waals surface area contributed by atoms with Gasteiger partial charge in [-0.3, -0.25) is 0 Å². The van der Waals surface area contributed by atoms with Gasteiger partial charge in [-0.05, 0) is 23.4 Å². The fraction of sp³-hybridized carbons (Fsp3) is 0.286. The van der Waals surface area contributed by atoms with Crippen LogP contribution in [0.2, 0.25) is 5.15 Å². The van der Waals surface area contributed by atoms with Gasteiger partial charge in [-0.25, -0.2) is 9.97 Å². The molecular formula is C14H15ClN4S. The fourth-order valence-corrected chi connectivity index (χ4v) is 3.38. The van der Waals surface area contributed by atoms with Crippen molar-refractivity contribution in [3.05, 3.63) is 39.9 Å². The van der Waals surface area contributed by atoms with Gasteiger partial charge in [0.1, 0.15) is 12.0 Å². The second kappa shape index (κ2) is 5.81. The third-order valence-electron chi connectivity index (χ3n) is 3.38. The minimum atomic E-state index is 0.463. The maximum absolute atomic E-state index is 6.10. The van der Waals surface area contributed by atoms with Crippen LogP contribution in [0.4, 0.5) is 11.5 Å². The van der Waals surface area contributed by atoms with Crippen molar-refractivity contribution in [2.45, 2.75) is 6.42 Å². The zero-order valence-corrected chi connectivity index (χ0v) is 12.7. The normalized spacial score (nSPS) is 15.1. The molecule has 0 saturated carbocycles. The molecule has 104 valence electrons. The SMILES string of the molecule is CNc1c(Cl)ncnc1N1CC=C(c2cccs2)CC1. The summed E-state index contributed by atoms with van der Waals surface area (Å²) in [6, 6.07) is 4.27. The zero-order valence-electron chi connectivity index (χ0n) is 11.1. The van der Waals surface area contributed by atoms with E-state index in [2.05, 4.69) is 43.8 Å². The van der Waals surface area contributed by atoms with Crippen molar-refractivity contribution < 1.29 is 0 Å². The minimum Gasteiger partial charge on any atom is -0.383 e. The van der Waals surface area contributed by atoms with E-state index < -0.39 is 0 Å². The molecule has 2 aromatic heterocycles. The molecular weight excluding hydrogens is 292 g/mol. The first-order valence-corrected chi connectivity index (χ1v) is 7.71. The Hall–Kier alpha value is -1.59. The molecule has 0 spiro atoms. The van der Waals surface area contributed by atoms with Crippen LogP contribution in [0.3, 0.4) is 0 Å². The van der Waals surface area contributed by atoms with Crippen LogP contribution in [0.1, 0.15) is 11.3 Å². The van der Waals surface area contributed by atoms with Gasteiger partial charge in [-0.2, -0.15) is 0 Å². The lowest BCUT2D eigenvalue weighted by Crippen LogP contribution is -2.29. The van der Waals surface area contributed by atoms with Crippen LogP contribution in [-0.4, -0.2) is 30.1 Å². The minimum absolute atomic E-state index is 0.463. The summed E-state index contributed by atoms with van der Waals surface area (Å²) in [7, 11) is 1.84. The van der Waals surface area contributed by atoms with E-state index in [4.69, 9.17) is 11.6 Å². The number of thiophene rings is 1. The van der Waals surface area contributed by atoms with E-state index in [1.54, 1.807) is 11.3 Å². The highest BCUT2D eigenvalue weighted by Crippen LogP contribution is 2.32. The molecule has 0 aromatic carbocycles. The number of nitrogens with zero attached hydrogens (tertiary/aromatic N) is 3. The van der Waals surface area contributed by atoms with E-state index in [1.807, 2.05) is 7.05 Å². The Morgan fingerprint density at radius 1 is 1.40 bits per heavy atom. The number of halogens is 1. The molecule has 0 radical (unpaired) electrons. The molecule has 3 heterocycles. The van der Waals surface area contributed by atoms with Gasteiger partial charge in [0.15, 0.2) is 11.0 Å². The van der Waals surface area contributed by atoms with Gasteiger partial charge in [-0.1, -0.05) is 23.7 Å². The Labute approximate surface area is 127 Å². The third kappa shape index (κ3) is 2.51. The van der Waals surface area contributed by atoms with Gasteiger partial charge in [0.25, 0.3) is 0 Å². The first-order chi connectivity index (χ1) is 9.79. The Balaban J connectivity index is 1.83. The van der Waals surface area contributed by atoms with Gasteiger partial charge >= 0.3 is 0 Å². The van der Waals surface area contributed by atoms with Crippen molar-refractivity contribution in [2.24, 2.45) is 0 Å². The van der Waals surface area contributed by atoms with Crippen molar-refractivity contribution in [3.8, 4) is 0 Å². The molecule has 1 aliphatic rings. The lowest BCUT2D eigenvalue weighted by Gasteiger charge is -2.28. The number of hydrogen-bond donors (Lipinski definition) is 1. The summed E-state index contributed by atoms with van der Waals surface area (Å²) in [5.74, 6) is 0.869. The highest BCUT2D eigenvalue weighted by molar-refractivity contribution is 7.11. The van der Waals surface area contributed by atoms with E-state index in [9.17, 15) is 0 Å². The molecule has 3 rings (SSSR count). The molecule has 20 heavy (non-hydrogen) atoms. The molecule has 0 amide bonds. The van der Waals surface area contributed by atoms with Gasteiger partial charge < -0.3 is 10.2 Å². The Kier molecular flexibility index (Phi) is 3.89. The number of nitrogens with one attached hydrogen (secondary N) is 1. The van der Waals surface area contributed by atoms with Crippen LogP contribution in [0.15, 0.2) is 29.9 Å². The van der Waals surface area contributed by atoms with Crippen molar-refractivity contribution in [2.75, 3.05) is 30.4 Å². The quantitative estimate of drug-likeness (QED) is 0.881. The van der Waals surface area contributed by atoms with Crippen molar-refractivity contribution >= 4 is 40.0 Å². The first-order valence-electron chi connectivity index (χ1n) is 6.45. The second-order valence-electron chi connectivity index (χ2n) is 4.52. The van der Waals surface area contributed by atoms with Gasteiger partial charge in [0.2, 0.25) is 0 Å². The van der Waals surface area contributed by atoms with E-state index >= 15 is 0 Å². The zero-order chi connectivity index (χ0) is 13.9. The average molecular weight is 307 g/mol. The van der Waals surface area contributed by atoms with Crippen LogP contribution in [-0.2, 0) is 0 Å². The summed E-state index contributed by atoms with van der Waals surface area (Å²) in [5, 5.41) is 5.66. The molecule has 0 atom stereocenters. The molecule has 0 bridgehead atoms. The number of anilines is 2. The molecule has 0 saturated heterocycles. The molecule has 1 N–H and O–H groups in total. The number of rotatable bonds is 3. The van der Waals surface area contributed by atoms with Crippen LogP contribution in [0, 0.1) is 0 Å². The Morgan fingerprint density at radius 3 is 2.95 bits per heavy atom. The lowest BCUT2D eigenvalue weighted by molar-refractivity contribution is 0.815. The predicted octanol–water partition coefficient (Wildman–Crippen LogP) is 3.53. The van der Waals surface area contributed by atoms with Gasteiger partial charge in [0, 0.05) is 25.0 Å². The van der Waals surface area contributed by atoms with Crippen LogP contribution < -0.4 is 10.2 Å². The van der Waals surface area contributed by atoms with E-state index in [0.717, 1.165) is 31.0 Å². The largest absolute Gasteiger partial charge is 0.383 e. The number of hydrogen-bond acceptors (Lipinski definition) is 5. The van der Waals surface area contributed by atoms with E-state index in [-0.39, 0.29) is 0 Å². The smallest absolute Gasteiger partial charge is 0.157 e. The molecule has 2 aromatic rings. The van der Waals surface area contributed by atoms with Gasteiger partial charge in [0.05, 0.1) is 0 Å². The summed E-state index contributed by atoms with van der Waals surface area (Å²) < 4.78 is 0. The number of aromatic nitrogens is 2. The summed E-state index contributed by atoms with van der Waals surface area (Å²) >= 11 is 7.90. The second-order valence-corrected chi connectivity index (χ2v) is 5.82. The summed E-state index contributed by atoms with van der Waals surface area (Å²) in [5.41, 5.74) is 2.21. The highest BCUT2D eigenvalue weighted by atomic mass is 35.5. The molecule has 0 unspecified atom stereocenters. The maximum Gasteiger partial charge on any atom is 0.157 e. The lowest BCUT2D eigenvalue weighted by atomic mass is 10.1. The summed E-state index contributed by atoms with van der Waals surface area (Å²) in [6.07, 6.45) is 4.80. The molecule has 4 nitrogen and oxygen atoms in total. The van der Waals surface area contributed by atoms with Crippen molar-refractivity contribution in [1.29, 1.82) is 0 Å². The molecule has 6 heteroatoms. The molecule has 0 fully saturated rings. The first kappa shape index (κ1) is 13.4. The standard InChI is InChI=1S/C14H15ClN4S/c1-16-12-13(15)17-9-18-14(12)19-6-4-10(5-7-19)11-3-2-8-20-11/h2-4,8-9,16H,5-7H2,1H3. The summed E-state index contributed by atoms with van der Waals surface area (Å²) in [4.78, 5) is 12.0. The Morgan fingerprint density at radius 2 is 2.30 bits per heavy atom. The van der Waals surface area contributed by atoms with Crippen LogP contribution in [0.5, 0.6) is 0 Å². The Bertz CT molecular complexity index is 624. The summed E-state index contributed by atoms with van der Waals surface area (Å²) in [6.45, 7) is 1.78. The topological polar surface area (TPSA) is 41.1 Å². The highest BCUT2D eigenvalue weighted by Gasteiger charge is 2.19. The van der Waals surface area contributed by atoms with Crippen LogP contribution in [0.25, 0.3) is 5.57 Å². The third-order valence-corrected chi connectivity index (χ3v) is 4.61. The molecule has 0 aliphatic carbocycles. The predicted molar refractivity (Wildman–Crippen MR) is 85.7 cm³/mol.